The Balaban J connectivity index is 2.29. The number of carbonyl (C=O) groups excluding carboxylic acids is 1. The maximum atomic E-state index is 11.4. The average Bonchev–Trinajstić information content (AvgIpc) is 2.73. The SMILES string of the molecule is CC1CNC(=O)N1c1ncc([N+](=O)[O-])s1. The molecule has 1 N–H and O–H groups in total. The van der Waals surface area contributed by atoms with Gasteiger partial charge in [0.05, 0.1) is 11.0 Å². The van der Waals surface area contributed by atoms with Crippen LogP contribution in [0.5, 0.6) is 0 Å². The molecule has 2 heterocycles. The molecule has 1 aliphatic heterocycles. The highest BCUT2D eigenvalue weighted by molar-refractivity contribution is 7.18. The minimum absolute atomic E-state index is 0.0248. The molecule has 1 fully saturated rings. The molecule has 7 nitrogen and oxygen atoms in total. The summed E-state index contributed by atoms with van der Waals surface area (Å²) in [5.74, 6) is 0. The third-order valence-corrected chi connectivity index (χ3v) is 3.02. The number of hydrogen-bond donors (Lipinski definition) is 1. The number of hydrogen-bond acceptors (Lipinski definition) is 5. The third-order valence-electron chi connectivity index (χ3n) is 2.08. The molecular weight excluding hydrogens is 220 g/mol. The summed E-state index contributed by atoms with van der Waals surface area (Å²) in [5.41, 5.74) is 0. The van der Waals surface area contributed by atoms with E-state index in [-0.39, 0.29) is 17.1 Å². The van der Waals surface area contributed by atoms with Crippen molar-refractivity contribution < 1.29 is 9.72 Å². The maximum Gasteiger partial charge on any atom is 0.345 e. The Kier molecular flexibility index (Phi) is 2.27. The first-order valence-electron chi connectivity index (χ1n) is 4.27. The van der Waals surface area contributed by atoms with Gasteiger partial charge in [0, 0.05) is 6.54 Å². The number of nitro groups is 1. The van der Waals surface area contributed by atoms with Crippen molar-refractivity contribution in [3.05, 3.63) is 16.3 Å². The van der Waals surface area contributed by atoms with Gasteiger partial charge in [-0.3, -0.25) is 15.0 Å². The van der Waals surface area contributed by atoms with Crippen LogP contribution in [0.2, 0.25) is 0 Å². The fourth-order valence-corrected chi connectivity index (χ4v) is 2.17. The van der Waals surface area contributed by atoms with Gasteiger partial charge in [0.15, 0.2) is 5.13 Å². The van der Waals surface area contributed by atoms with Gasteiger partial charge in [-0.1, -0.05) is 0 Å². The lowest BCUT2D eigenvalue weighted by Gasteiger charge is -2.14. The number of anilines is 1. The summed E-state index contributed by atoms with van der Waals surface area (Å²) in [6, 6.07) is -0.282. The van der Waals surface area contributed by atoms with Crippen molar-refractivity contribution in [2.45, 2.75) is 13.0 Å². The molecule has 1 unspecified atom stereocenters. The van der Waals surface area contributed by atoms with Gasteiger partial charge in [-0.05, 0) is 18.3 Å². The number of aromatic nitrogens is 1. The Morgan fingerprint density at radius 3 is 3.00 bits per heavy atom. The van der Waals surface area contributed by atoms with Crippen molar-refractivity contribution in [3.63, 3.8) is 0 Å². The number of rotatable bonds is 2. The summed E-state index contributed by atoms with van der Waals surface area (Å²) in [6.45, 7) is 2.39. The van der Waals surface area contributed by atoms with Crippen LogP contribution in [0, 0.1) is 10.1 Å². The first kappa shape index (κ1) is 9.84. The molecule has 8 heteroatoms. The van der Waals surface area contributed by atoms with E-state index < -0.39 is 4.92 Å². The predicted octanol–water partition coefficient (Wildman–Crippen LogP) is 0.969. The van der Waals surface area contributed by atoms with Gasteiger partial charge < -0.3 is 5.32 Å². The zero-order valence-corrected chi connectivity index (χ0v) is 8.65. The quantitative estimate of drug-likeness (QED) is 0.603. The van der Waals surface area contributed by atoms with Gasteiger partial charge >= 0.3 is 11.0 Å². The summed E-state index contributed by atoms with van der Waals surface area (Å²) in [6.07, 6.45) is 1.16. The van der Waals surface area contributed by atoms with Crippen molar-refractivity contribution in [2.75, 3.05) is 11.4 Å². The molecule has 1 aliphatic rings. The Bertz CT molecular complexity index is 418. The van der Waals surface area contributed by atoms with E-state index in [2.05, 4.69) is 10.3 Å². The van der Waals surface area contributed by atoms with Gasteiger partial charge in [0.25, 0.3) is 0 Å². The van der Waals surface area contributed by atoms with E-state index in [1.54, 1.807) is 0 Å². The van der Waals surface area contributed by atoms with Crippen molar-refractivity contribution in [1.29, 1.82) is 0 Å². The zero-order chi connectivity index (χ0) is 11.0. The molecule has 80 valence electrons. The van der Waals surface area contributed by atoms with Gasteiger partial charge in [-0.2, -0.15) is 0 Å². The summed E-state index contributed by atoms with van der Waals surface area (Å²) in [7, 11) is 0. The Morgan fingerprint density at radius 1 is 1.80 bits per heavy atom. The summed E-state index contributed by atoms with van der Waals surface area (Å²) < 4.78 is 0. The molecule has 1 aromatic rings. The predicted molar refractivity (Wildman–Crippen MR) is 54.1 cm³/mol. The lowest BCUT2D eigenvalue weighted by molar-refractivity contribution is -0.380. The van der Waals surface area contributed by atoms with Crippen molar-refractivity contribution in [2.24, 2.45) is 0 Å². The Morgan fingerprint density at radius 2 is 2.53 bits per heavy atom. The zero-order valence-electron chi connectivity index (χ0n) is 7.84. The third kappa shape index (κ3) is 1.63. The minimum Gasteiger partial charge on any atom is -0.336 e. The molecule has 2 rings (SSSR count). The number of carbonyl (C=O) groups is 1. The highest BCUT2D eigenvalue weighted by atomic mass is 32.1. The lowest BCUT2D eigenvalue weighted by atomic mass is 10.3. The molecule has 0 spiro atoms. The van der Waals surface area contributed by atoms with Crippen LogP contribution in [-0.4, -0.2) is 28.5 Å². The normalized spacial score (nSPS) is 20.5. The highest BCUT2D eigenvalue weighted by Gasteiger charge is 2.31. The molecule has 0 aromatic carbocycles. The molecule has 0 saturated carbocycles. The molecule has 1 saturated heterocycles. The first-order chi connectivity index (χ1) is 7.09. The number of urea groups is 1. The van der Waals surface area contributed by atoms with Crippen molar-refractivity contribution >= 4 is 27.5 Å². The number of nitrogens with one attached hydrogen (secondary N) is 1. The van der Waals surface area contributed by atoms with Crippen LogP contribution in [0.4, 0.5) is 14.9 Å². The molecule has 2 amide bonds. The molecule has 1 aromatic heterocycles. The van der Waals surface area contributed by atoms with Gasteiger partial charge in [0.1, 0.15) is 6.20 Å². The fourth-order valence-electron chi connectivity index (χ4n) is 1.34. The summed E-state index contributed by atoms with van der Waals surface area (Å²) >= 11 is 0.901. The largest absolute Gasteiger partial charge is 0.345 e. The van der Waals surface area contributed by atoms with Crippen LogP contribution < -0.4 is 10.2 Å². The second-order valence-electron chi connectivity index (χ2n) is 3.14. The van der Waals surface area contributed by atoms with Crippen molar-refractivity contribution in [1.82, 2.24) is 10.3 Å². The number of nitrogens with zero attached hydrogens (tertiary/aromatic N) is 3. The van der Waals surface area contributed by atoms with E-state index >= 15 is 0 Å². The van der Waals surface area contributed by atoms with Crippen LogP contribution in [0.3, 0.4) is 0 Å². The molecule has 0 aliphatic carbocycles. The molecule has 0 radical (unpaired) electrons. The second-order valence-corrected chi connectivity index (χ2v) is 4.13. The summed E-state index contributed by atoms with van der Waals surface area (Å²) in [5, 5.41) is 13.4. The first-order valence-corrected chi connectivity index (χ1v) is 5.08. The summed E-state index contributed by atoms with van der Waals surface area (Å²) in [4.78, 5) is 26.6. The maximum absolute atomic E-state index is 11.4. The van der Waals surface area contributed by atoms with E-state index in [4.69, 9.17) is 0 Å². The van der Waals surface area contributed by atoms with E-state index in [1.807, 2.05) is 6.92 Å². The number of thiazole rings is 1. The smallest absolute Gasteiger partial charge is 0.336 e. The lowest BCUT2D eigenvalue weighted by Crippen LogP contribution is -2.32. The van der Waals surface area contributed by atoms with E-state index in [9.17, 15) is 14.9 Å². The van der Waals surface area contributed by atoms with E-state index in [1.165, 1.54) is 11.1 Å². The van der Waals surface area contributed by atoms with Crippen molar-refractivity contribution in [3.8, 4) is 0 Å². The van der Waals surface area contributed by atoms with Gasteiger partial charge in [-0.15, -0.1) is 0 Å². The topological polar surface area (TPSA) is 88.4 Å². The molecule has 1 atom stereocenters. The minimum atomic E-state index is -0.514. The highest BCUT2D eigenvalue weighted by Crippen LogP contribution is 2.30. The van der Waals surface area contributed by atoms with Crippen LogP contribution in [0.15, 0.2) is 6.20 Å². The van der Waals surface area contributed by atoms with Crippen LogP contribution in [0.25, 0.3) is 0 Å². The molecular formula is C7H8N4O3S. The van der Waals surface area contributed by atoms with Crippen LogP contribution in [0.1, 0.15) is 6.92 Å². The van der Waals surface area contributed by atoms with E-state index in [0.29, 0.717) is 11.7 Å². The monoisotopic (exact) mass is 228 g/mol. The fraction of sp³-hybridized carbons (Fsp3) is 0.429. The van der Waals surface area contributed by atoms with Gasteiger partial charge in [-0.25, -0.2) is 9.78 Å². The number of amides is 2. The van der Waals surface area contributed by atoms with Crippen LogP contribution in [-0.2, 0) is 0 Å². The Hall–Kier alpha value is -1.70. The standard InChI is InChI=1S/C7H8N4O3S/c1-4-2-8-6(12)10(4)7-9-3-5(15-7)11(13)14/h3-4H,2H2,1H3,(H,8,12). The molecule has 0 bridgehead atoms. The average molecular weight is 228 g/mol. The van der Waals surface area contributed by atoms with Gasteiger partial charge in [0.2, 0.25) is 0 Å². The molecule has 15 heavy (non-hydrogen) atoms. The van der Waals surface area contributed by atoms with E-state index in [0.717, 1.165) is 11.3 Å². The van der Waals surface area contributed by atoms with Crippen LogP contribution >= 0.6 is 11.3 Å². The Labute approximate surface area is 88.9 Å². The second kappa shape index (κ2) is 3.46.